The van der Waals surface area contributed by atoms with Crippen LogP contribution in [0.15, 0.2) is 91.3 Å². The third kappa shape index (κ3) is 7.37. The number of aromatic nitrogens is 8. The highest BCUT2D eigenvalue weighted by atomic mass is 16.2. The number of hydrogen-bond donors (Lipinski definition) is 6. The molecule has 0 fully saturated rings. The summed E-state index contributed by atoms with van der Waals surface area (Å²) in [6, 6.07) is 27.7. The molecule has 7 aromatic rings. The highest BCUT2D eigenvalue weighted by Crippen LogP contribution is 2.25. The zero-order chi connectivity index (χ0) is 31.0. The number of nitrogens with one attached hydrogen (secondary N) is 5. The minimum Gasteiger partial charge on any atom is -0.396 e. The standard InChI is InChI=1S/C21H22N6O.C12H11N5/c1-14-11-19(27-26-14)24-20-17-7-2-3-8-18(17)23-21(25-20)22-13-16-6-4-5-15(12-16)9-10-28;1-8-6-11(17-16-8)15-12-9-4-2-3-5-10(9)13-7-14-12/h2-8,11-12,28H,9-10,13H2,1H3,(H3,22,23,24,25,26,27);2-7H,1H3,(H2,13,14,15,16,17). The third-order valence-electron chi connectivity index (χ3n) is 6.89. The van der Waals surface area contributed by atoms with Gasteiger partial charge in [0.05, 0.1) is 11.0 Å². The van der Waals surface area contributed by atoms with E-state index >= 15 is 0 Å². The van der Waals surface area contributed by atoms with Crippen molar-refractivity contribution in [3.63, 3.8) is 0 Å². The number of aliphatic hydroxyl groups is 1. The number of aromatic amines is 2. The number of anilines is 5. The molecule has 0 amide bonds. The molecule has 0 bridgehead atoms. The highest BCUT2D eigenvalue weighted by molar-refractivity contribution is 5.91. The second-order valence-corrected chi connectivity index (χ2v) is 10.4. The predicted molar refractivity (Wildman–Crippen MR) is 177 cm³/mol. The number of nitrogens with zero attached hydrogens (tertiary/aromatic N) is 6. The SMILES string of the molecule is Cc1cc(Nc2nc(NCc3cccc(CCO)c3)nc3ccccc23)n[nH]1.Cc1cc(Nc2ncnc3ccccc23)n[nH]1. The fraction of sp³-hybridized carbons (Fsp3) is 0.152. The van der Waals surface area contributed by atoms with Crippen molar-refractivity contribution in [2.45, 2.75) is 26.8 Å². The minimum atomic E-state index is 0.145. The van der Waals surface area contributed by atoms with E-state index in [4.69, 9.17) is 5.11 Å². The van der Waals surface area contributed by atoms with Crippen LogP contribution in [-0.4, -0.2) is 52.0 Å². The first-order valence-electron chi connectivity index (χ1n) is 14.5. The number of benzene rings is 3. The number of aliphatic hydroxyl groups excluding tert-OH is 1. The summed E-state index contributed by atoms with van der Waals surface area (Å²) in [5.74, 6) is 3.48. The highest BCUT2D eigenvalue weighted by Gasteiger charge is 2.10. The topological polar surface area (TPSA) is 165 Å². The molecule has 4 aromatic heterocycles. The van der Waals surface area contributed by atoms with E-state index in [0.29, 0.717) is 30.5 Å². The Morgan fingerprint density at radius 3 is 2.00 bits per heavy atom. The van der Waals surface area contributed by atoms with Gasteiger partial charge < -0.3 is 21.1 Å². The molecule has 4 heterocycles. The fourth-order valence-corrected chi connectivity index (χ4v) is 4.77. The zero-order valence-corrected chi connectivity index (χ0v) is 24.9. The molecule has 6 N–H and O–H groups in total. The molecule has 0 aliphatic rings. The van der Waals surface area contributed by atoms with Gasteiger partial charge in [0.1, 0.15) is 18.0 Å². The molecule has 12 heteroatoms. The lowest BCUT2D eigenvalue weighted by Gasteiger charge is -2.11. The fourth-order valence-electron chi connectivity index (χ4n) is 4.77. The van der Waals surface area contributed by atoms with Crippen LogP contribution in [0.5, 0.6) is 0 Å². The Hall–Kier alpha value is -5.88. The molecule has 0 radical (unpaired) electrons. The predicted octanol–water partition coefficient (Wildman–Crippen LogP) is 5.96. The van der Waals surface area contributed by atoms with Gasteiger partial charge in [-0.05, 0) is 55.7 Å². The van der Waals surface area contributed by atoms with Gasteiger partial charge in [-0.15, -0.1) is 0 Å². The lowest BCUT2D eigenvalue weighted by atomic mass is 10.1. The molecule has 12 nitrogen and oxygen atoms in total. The smallest absolute Gasteiger partial charge is 0.225 e. The number of H-pyrrole nitrogens is 2. The molecule has 3 aromatic carbocycles. The van der Waals surface area contributed by atoms with Gasteiger partial charge in [-0.3, -0.25) is 10.2 Å². The molecule has 0 spiro atoms. The number of aryl methyl sites for hydroxylation is 2. The van der Waals surface area contributed by atoms with Crippen LogP contribution in [0.25, 0.3) is 21.8 Å². The van der Waals surface area contributed by atoms with Crippen molar-refractivity contribution in [2.75, 3.05) is 22.6 Å². The minimum absolute atomic E-state index is 0.145. The molecule has 7 rings (SSSR count). The molecular formula is C33H33N11O. The van der Waals surface area contributed by atoms with Crippen LogP contribution in [0, 0.1) is 13.8 Å². The third-order valence-corrected chi connectivity index (χ3v) is 6.89. The first-order chi connectivity index (χ1) is 22.0. The van der Waals surface area contributed by atoms with E-state index in [1.165, 1.54) is 0 Å². The van der Waals surface area contributed by atoms with Crippen molar-refractivity contribution < 1.29 is 5.11 Å². The average molecular weight is 600 g/mol. The van der Waals surface area contributed by atoms with Crippen molar-refractivity contribution in [3.8, 4) is 0 Å². The van der Waals surface area contributed by atoms with Crippen LogP contribution in [-0.2, 0) is 13.0 Å². The molecule has 0 aliphatic heterocycles. The van der Waals surface area contributed by atoms with Gasteiger partial charge in [-0.1, -0.05) is 48.5 Å². The van der Waals surface area contributed by atoms with E-state index in [9.17, 15) is 0 Å². The van der Waals surface area contributed by atoms with Crippen molar-refractivity contribution in [1.82, 2.24) is 40.3 Å². The molecular weight excluding hydrogens is 566 g/mol. The van der Waals surface area contributed by atoms with Crippen LogP contribution < -0.4 is 16.0 Å². The van der Waals surface area contributed by atoms with E-state index in [-0.39, 0.29) is 6.61 Å². The first kappa shape index (κ1) is 29.2. The van der Waals surface area contributed by atoms with Crippen molar-refractivity contribution in [1.29, 1.82) is 0 Å². The van der Waals surface area contributed by atoms with Crippen LogP contribution >= 0.6 is 0 Å². The van der Waals surface area contributed by atoms with Gasteiger partial charge in [0.15, 0.2) is 11.6 Å². The zero-order valence-electron chi connectivity index (χ0n) is 24.9. The Bertz CT molecular complexity index is 2030. The molecule has 226 valence electrons. The quantitative estimate of drug-likeness (QED) is 0.117. The number of rotatable bonds is 9. The maximum atomic E-state index is 9.12. The second kappa shape index (κ2) is 13.6. The second-order valence-electron chi connectivity index (χ2n) is 10.4. The molecule has 0 unspecified atom stereocenters. The van der Waals surface area contributed by atoms with E-state index in [1.807, 2.05) is 92.7 Å². The van der Waals surface area contributed by atoms with Crippen LogP contribution in [0.2, 0.25) is 0 Å². The Labute approximate surface area is 259 Å². The van der Waals surface area contributed by atoms with Gasteiger partial charge in [0, 0.05) is 47.4 Å². The summed E-state index contributed by atoms with van der Waals surface area (Å²) in [6.45, 7) is 4.65. The molecule has 45 heavy (non-hydrogen) atoms. The lowest BCUT2D eigenvalue weighted by Crippen LogP contribution is -2.06. The van der Waals surface area contributed by atoms with Crippen LogP contribution in [0.3, 0.4) is 0 Å². The van der Waals surface area contributed by atoms with E-state index in [2.05, 4.69) is 62.3 Å². The van der Waals surface area contributed by atoms with Crippen molar-refractivity contribution >= 4 is 51.0 Å². The average Bonchev–Trinajstić information content (AvgIpc) is 3.67. The lowest BCUT2D eigenvalue weighted by molar-refractivity contribution is 0.299. The Balaban J connectivity index is 0.000000179. The summed E-state index contributed by atoms with van der Waals surface area (Å²) < 4.78 is 0. The summed E-state index contributed by atoms with van der Waals surface area (Å²) in [7, 11) is 0. The summed E-state index contributed by atoms with van der Waals surface area (Å²) in [4.78, 5) is 17.7. The largest absolute Gasteiger partial charge is 0.396 e. The molecule has 0 saturated carbocycles. The van der Waals surface area contributed by atoms with Gasteiger partial charge in [0.25, 0.3) is 0 Å². The molecule has 0 saturated heterocycles. The van der Waals surface area contributed by atoms with Crippen molar-refractivity contribution in [2.24, 2.45) is 0 Å². The number of hydrogen-bond acceptors (Lipinski definition) is 10. The maximum Gasteiger partial charge on any atom is 0.225 e. The van der Waals surface area contributed by atoms with E-state index in [1.54, 1.807) is 6.33 Å². The summed E-state index contributed by atoms with van der Waals surface area (Å²) in [5.41, 5.74) is 5.96. The van der Waals surface area contributed by atoms with Gasteiger partial charge in [-0.25, -0.2) is 15.0 Å². The van der Waals surface area contributed by atoms with Gasteiger partial charge >= 0.3 is 0 Å². The van der Waals surface area contributed by atoms with E-state index in [0.717, 1.165) is 56.0 Å². The van der Waals surface area contributed by atoms with E-state index < -0.39 is 0 Å². The Morgan fingerprint density at radius 2 is 1.31 bits per heavy atom. The normalized spacial score (nSPS) is 10.8. The Morgan fingerprint density at radius 1 is 0.667 bits per heavy atom. The summed E-state index contributed by atoms with van der Waals surface area (Å²) in [5, 5.41) is 34.9. The van der Waals surface area contributed by atoms with Crippen molar-refractivity contribution in [3.05, 3.63) is 114 Å². The number of para-hydroxylation sites is 2. The molecule has 0 aliphatic carbocycles. The molecule has 0 atom stereocenters. The maximum absolute atomic E-state index is 9.12. The van der Waals surface area contributed by atoms with Gasteiger partial charge in [-0.2, -0.15) is 15.2 Å². The van der Waals surface area contributed by atoms with Crippen LogP contribution in [0.1, 0.15) is 22.5 Å². The van der Waals surface area contributed by atoms with Gasteiger partial charge in [0.2, 0.25) is 5.95 Å². The summed E-state index contributed by atoms with van der Waals surface area (Å²) in [6.07, 6.45) is 2.20. The van der Waals surface area contributed by atoms with Crippen LogP contribution in [0.4, 0.5) is 29.2 Å². The monoisotopic (exact) mass is 599 g/mol. The Kier molecular flexibility index (Phi) is 8.83. The summed E-state index contributed by atoms with van der Waals surface area (Å²) >= 11 is 0. The number of fused-ring (bicyclic) bond motifs is 2. The first-order valence-corrected chi connectivity index (χ1v) is 14.5.